The standard InChI is InChI=1S/C22H17F3N4O3S/c1-13-5-3-8-19-27-18(10-28(13)19)20(31)32-11-16-12-33-21(26-16)29(14(2)30)17-7-4-6-15(9-17)22(23,24)25/h3-10,12H,11H2,1-2H3. The zero-order valence-electron chi connectivity index (χ0n) is 17.5. The van der Waals surface area contributed by atoms with Crippen molar-refractivity contribution in [3.8, 4) is 0 Å². The number of ether oxygens (including phenoxy) is 1. The van der Waals surface area contributed by atoms with E-state index in [0.717, 1.165) is 34.1 Å². The Morgan fingerprint density at radius 1 is 1.15 bits per heavy atom. The lowest BCUT2D eigenvalue weighted by atomic mass is 10.2. The molecule has 170 valence electrons. The number of aryl methyl sites for hydroxylation is 1. The van der Waals surface area contributed by atoms with Crippen molar-refractivity contribution in [3.05, 3.63) is 76.7 Å². The van der Waals surface area contributed by atoms with Crippen LogP contribution in [0.15, 0.2) is 54.0 Å². The Labute approximate surface area is 190 Å². The maximum Gasteiger partial charge on any atom is 0.416 e. The van der Waals surface area contributed by atoms with Gasteiger partial charge in [-0.05, 0) is 37.3 Å². The monoisotopic (exact) mass is 474 g/mol. The van der Waals surface area contributed by atoms with Gasteiger partial charge in [0.2, 0.25) is 5.91 Å². The van der Waals surface area contributed by atoms with Gasteiger partial charge in [0, 0.05) is 24.2 Å². The smallest absolute Gasteiger partial charge is 0.416 e. The lowest BCUT2D eigenvalue weighted by molar-refractivity contribution is -0.137. The van der Waals surface area contributed by atoms with E-state index in [1.165, 1.54) is 19.1 Å². The number of hydrogen-bond acceptors (Lipinski definition) is 6. The summed E-state index contributed by atoms with van der Waals surface area (Å²) in [4.78, 5) is 34.2. The van der Waals surface area contributed by atoms with Gasteiger partial charge < -0.3 is 9.14 Å². The Kier molecular flexibility index (Phi) is 5.90. The number of aromatic nitrogens is 3. The fourth-order valence-electron chi connectivity index (χ4n) is 3.17. The van der Waals surface area contributed by atoms with Crippen LogP contribution in [0.4, 0.5) is 24.0 Å². The number of carbonyl (C=O) groups is 2. The molecule has 33 heavy (non-hydrogen) atoms. The zero-order valence-corrected chi connectivity index (χ0v) is 18.3. The second-order valence-electron chi connectivity index (χ2n) is 7.12. The third-order valence-corrected chi connectivity index (χ3v) is 5.61. The number of anilines is 2. The van der Waals surface area contributed by atoms with E-state index in [0.29, 0.717) is 11.3 Å². The van der Waals surface area contributed by atoms with Gasteiger partial charge in [-0.2, -0.15) is 13.2 Å². The minimum Gasteiger partial charge on any atom is -0.454 e. The van der Waals surface area contributed by atoms with Gasteiger partial charge >= 0.3 is 12.1 Å². The van der Waals surface area contributed by atoms with Crippen molar-refractivity contribution in [2.24, 2.45) is 0 Å². The lowest BCUT2D eigenvalue weighted by Crippen LogP contribution is -2.23. The average molecular weight is 474 g/mol. The van der Waals surface area contributed by atoms with Gasteiger partial charge in [-0.15, -0.1) is 11.3 Å². The van der Waals surface area contributed by atoms with Crippen LogP contribution in [0.25, 0.3) is 5.65 Å². The van der Waals surface area contributed by atoms with Crippen LogP contribution in [-0.2, 0) is 22.3 Å². The number of nitrogens with zero attached hydrogens (tertiary/aromatic N) is 4. The molecule has 0 N–H and O–H groups in total. The van der Waals surface area contributed by atoms with E-state index in [1.807, 2.05) is 19.1 Å². The highest BCUT2D eigenvalue weighted by Crippen LogP contribution is 2.35. The molecule has 3 heterocycles. The highest BCUT2D eigenvalue weighted by atomic mass is 32.1. The summed E-state index contributed by atoms with van der Waals surface area (Å²) in [6, 6.07) is 9.90. The number of alkyl halides is 3. The molecular weight excluding hydrogens is 457 g/mol. The van der Waals surface area contributed by atoms with E-state index < -0.39 is 23.6 Å². The number of halogens is 3. The Hall–Kier alpha value is -3.73. The van der Waals surface area contributed by atoms with Crippen LogP contribution >= 0.6 is 11.3 Å². The van der Waals surface area contributed by atoms with Gasteiger partial charge in [0.15, 0.2) is 10.8 Å². The molecule has 0 saturated heterocycles. The first kappa shape index (κ1) is 22.5. The van der Waals surface area contributed by atoms with Crippen LogP contribution in [-0.4, -0.2) is 26.2 Å². The Morgan fingerprint density at radius 2 is 1.91 bits per heavy atom. The number of benzene rings is 1. The number of carbonyl (C=O) groups excluding carboxylic acids is 2. The highest BCUT2D eigenvalue weighted by Gasteiger charge is 2.31. The molecule has 0 spiro atoms. The van der Waals surface area contributed by atoms with E-state index in [4.69, 9.17) is 4.74 Å². The third-order valence-electron chi connectivity index (χ3n) is 4.73. The first-order valence-electron chi connectivity index (χ1n) is 9.67. The van der Waals surface area contributed by atoms with Crippen LogP contribution in [0, 0.1) is 6.92 Å². The van der Waals surface area contributed by atoms with Crippen LogP contribution < -0.4 is 4.90 Å². The molecule has 0 aliphatic heterocycles. The maximum atomic E-state index is 13.1. The average Bonchev–Trinajstić information content (AvgIpc) is 3.40. The molecule has 0 aliphatic rings. The minimum absolute atomic E-state index is 0.0373. The van der Waals surface area contributed by atoms with E-state index in [9.17, 15) is 22.8 Å². The van der Waals surface area contributed by atoms with Gasteiger partial charge in [-0.3, -0.25) is 9.69 Å². The van der Waals surface area contributed by atoms with Crippen LogP contribution in [0.5, 0.6) is 0 Å². The summed E-state index contributed by atoms with van der Waals surface area (Å²) in [6.07, 6.45) is -2.97. The van der Waals surface area contributed by atoms with Gasteiger partial charge in [0.05, 0.1) is 16.9 Å². The number of hydrogen-bond donors (Lipinski definition) is 0. The fourth-order valence-corrected chi connectivity index (χ4v) is 4.05. The normalized spacial score (nSPS) is 11.5. The molecule has 0 saturated carbocycles. The molecule has 1 aromatic carbocycles. The third kappa shape index (κ3) is 4.72. The molecule has 0 fully saturated rings. The SMILES string of the molecule is CC(=O)N(c1cccc(C(F)(F)F)c1)c1nc(COC(=O)c2cn3c(C)cccc3n2)cs1. The minimum atomic E-state index is -4.54. The van der Waals surface area contributed by atoms with Crippen molar-refractivity contribution in [1.29, 1.82) is 0 Å². The molecule has 1 amide bonds. The van der Waals surface area contributed by atoms with Crippen LogP contribution in [0.1, 0.15) is 34.4 Å². The molecule has 4 rings (SSSR count). The molecular formula is C22H17F3N4O3S. The summed E-state index contributed by atoms with van der Waals surface area (Å²) in [6.45, 7) is 2.93. The zero-order chi connectivity index (χ0) is 23.8. The van der Waals surface area contributed by atoms with Crippen molar-refractivity contribution < 1.29 is 27.5 Å². The second kappa shape index (κ2) is 8.66. The quantitative estimate of drug-likeness (QED) is 0.374. The van der Waals surface area contributed by atoms with Crippen molar-refractivity contribution in [3.63, 3.8) is 0 Å². The molecule has 0 aliphatic carbocycles. The summed E-state index contributed by atoms with van der Waals surface area (Å²) in [5.74, 6) is -1.15. The van der Waals surface area contributed by atoms with E-state index in [-0.39, 0.29) is 23.1 Å². The first-order chi connectivity index (χ1) is 15.6. The van der Waals surface area contributed by atoms with Gasteiger partial charge in [-0.1, -0.05) is 12.1 Å². The molecule has 0 atom stereocenters. The number of esters is 1. The van der Waals surface area contributed by atoms with Gasteiger partial charge in [0.1, 0.15) is 12.3 Å². The Morgan fingerprint density at radius 3 is 2.61 bits per heavy atom. The number of rotatable bonds is 5. The van der Waals surface area contributed by atoms with E-state index in [1.54, 1.807) is 22.0 Å². The first-order valence-corrected chi connectivity index (χ1v) is 10.6. The van der Waals surface area contributed by atoms with Gasteiger partial charge in [0.25, 0.3) is 0 Å². The number of pyridine rings is 1. The predicted molar refractivity (Wildman–Crippen MR) is 115 cm³/mol. The summed E-state index contributed by atoms with van der Waals surface area (Å²) in [5.41, 5.74) is 1.16. The van der Waals surface area contributed by atoms with Crippen LogP contribution in [0.2, 0.25) is 0 Å². The molecule has 0 radical (unpaired) electrons. The number of imidazole rings is 1. The predicted octanol–water partition coefficient (Wildman–Crippen LogP) is 5.16. The van der Waals surface area contributed by atoms with Crippen molar-refractivity contribution in [1.82, 2.24) is 14.4 Å². The topological polar surface area (TPSA) is 76.8 Å². The summed E-state index contributed by atoms with van der Waals surface area (Å²) in [7, 11) is 0. The maximum absolute atomic E-state index is 13.1. The van der Waals surface area contributed by atoms with E-state index >= 15 is 0 Å². The molecule has 3 aromatic heterocycles. The van der Waals surface area contributed by atoms with Crippen molar-refractivity contribution >= 4 is 39.7 Å². The lowest BCUT2D eigenvalue weighted by Gasteiger charge is -2.19. The summed E-state index contributed by atoms with van der Waals surface area (Å²) < 4.78 is 46.3. The Balaban J connectivity index is 1.50. The molecule has 0 bridgehead atoms. The largest absolute Gasteiger partial charge is 0.454 e. The molecule has 0 unspecified atom stereocenters. The molecule has 4 aromatic rings. The van der Waals surface area contributed by atoms with Crippen LogP contribution in [0.3, 0.4) is 0 Å². The number of amides is 1. The Bertz CT molecular complexity index is 1350. The number of fused-ring (bicyclic) bond motifs is 1. The molecule has 7 nitrogen and oxygen atoms in total. The summed E-state index contributed by atoms with van der Waals surface area (Å²) in [5, 5.41) is 1.73. The van der Waals surface area contributed by atoms with Gasteiger partial charge in [-0.25, -0.2) is 14.8 Å². The van der Waals surface area contributed by atoms with E-state index in [2.05, 4.69) is 9.97 Å². The second-order valence-corrected chi connectivity index (χ2v) is 7.96. The van der Waals surface area contributed by atoms with Crippen molar-refractivity contribution in [2.45, 2.75) is 26.6 Å². The number of thiazole rings is 1. The highest BCUT2D eigenvalue weighted by molar-refractivity contribution is 7.14. The fraction of sp³-hybridized carbons (Fsp3) is 0.182. The van der Waals surface area contributed by atoms with Crippen molar-refractivity contribution in [2.75, 3.05) is 4.90 Å². The molecule has 11 heteroatoms. The summed E-state index contributed by atoms with van der Waals surface area (Å²) >= 11 is 1.05.